The van der Waals surface area contributed by atoms with Crippen molar-refractivity contribution in [3.05, 3.63) is 29.8 Å². The quantitative estimate of drug-likeness (QED) is 0.730. The summed E-state index contributed by atoms with van der Waals surface area (Å²) < 4.78 is 0. The van der Waals surface area contributed by atoms with E-state index in [2.05, 4.69) is 19.2 Å². The van der Waals surface area contributed by atoms with Gasteiger partial charge in [0.2, 0.25) is 0 Å². The van der Waals surface area contributed by atoms with E-state index < -0.39 is 24.0 Å². The predicted molar refractivity (Wildman–Crippen MR) is 84.5 cm³/mol. The molecule has 3 N–H and O–H groups in total. The second-order valence-corrected chi connectivity index (χ2v) is 5.54. The molecule has 0 radical (unpaired) electrons. The highest BCUT2D eigenvalue weighted by atomic mass is 16.3. The highest BCUT2D eigenvalue weighted by Crippen LogP contribution is 2.20. The summed E-state index contributed by atoms with van der Waals surface area (Å²) in [5.41, 5.74) is 1.66. The fourth-order valence-corrected chi connectivity index (χ4v) is 1.89. The Kier molecular flexibility index (Phi) is 6.52. The van der Waals surface area contributed by atoms with Crippen molar-refractivity contribution in [1.29, 1.82) is 0 Å². The number of nitrogens with one attached hydrogen (secondary N) is 1. The van der Waals surface area contributed by atoms with Crippen molar-refractivity contribution >= 4 is 17.5 Å². The van der Waals surface area contributed by atoms with Gasteiger partial charge < -0.3 is 20.4 Å². The fraction of sp³-hybridized carbons (Fsp3) is 0.500. The van der Waals surface area contributed by atoms with Crippen molar-refractivity contribution in [2.75, 3.05) is 19.4 Å². The first-order valence-electron chi connectivity index (χ1n) is 7.26. The molecule has 0 heterocycles. The first-order valence-corrected chi connectivity index (χ1v) is 7.26. The van der Waals surface area contributed by atoms with E-state index >= 15 is 0 Å². The molecule has 0 aliphatic rings. The summed E-state index contributed by atoms with van der Waals surface area (Å²) in [5.74, 6) is -1.12. The second kappa shape index (κ2) is 7.91. The number of carbonyl (C=O) groups is 2. The van der Waals surface area contributed by atoms with Crippen LogP contribution >= 0.6 is 0 Å². The Morgan fingerprint density at radius 3 is 2.14 bits per heavy atom. The Morgan fingerprint density at radius 2 is 1.68 bits per heavy atom. The van der Waals surface area contributed by atoms with Crippen LogP contribution in [0.5, 0.6) is 0 Å². The van der Waals surface area contributed by atoms with Gasteiger partial charge in [-0.05, 0) is 30.0 Å². The molecule has 1 unspecified atom stereocenters. The maximum absolute atomic E-state index is 11.9. The van der Waals surface area contributed by atoms with E-state index in [1.54, 1.807) is 12.1 Å². The molecule has 0 aromatic heterocycles. The predicted octanol–water partition coefficient (Wildman–Crippen LogP) is 0.949. The fourth-order valence-electron chi connectivity index (χ4n) is 1.89. The first kappa shape index (κ1) is 18.1. The highest BCUT2D eigenvalue weighted by Gasteiger charge is 2.31. The normalized spacial score (nSPS) is 14.8. The van der Waals surface area contributed by atoms with Crippen molar-refractivity contribution < 1.29 is 19.8 Å². The van der Waals surface area contributed by atoms with Crippen molar-refractivity contribution in [3.8, 4) is 0 Å². The number of likely N-dealkylation sites (N-methyl/N-ethyl adjacent to an activating group) is 1. The molecule has 22 heavy (non-hydrogen) atoms. The van der Waals surface area contributed by atoms with Gasteiger partial charge in [0.25, 0.3) is 11.8 Å². The average molecular weight is 308 g/mol. The van der Waals surface area contributed by atoms with Crippen LogP contribution in [0.3, 0.4) is 0 Å². The van der Waals surface area contributed by atoms with Gasteiger partial charge in [0.05, 0.1) is 0 Å². The third-order valence-electron chi connectivity index (χ3n) is 3.62. The number of aliphatic hydroxyl groups excluding tert-OH is 2. The third kappa shape index (κ3) is 4.54. The maximum atomic E-state index is 11.9. The Hall–Kier alpha value is -1.92. The minimum absolute atomic E-state index is 0.426. The van der Waals surface area contributed by atoms with E-state index in [0.717, 1.165) is 16.9 Å². The summed E-state index contributed by atoms with van der Waals surface area (Å²) in [7, 11) is 2.87. The molecule has 1 aromatic rings. The monoisotopic (exact) mass is 308 g/mol. The van der Waals surface area contributed by atoms with Gasteiger partial charge in [0, 0.05) is 19.8 Å². The summed E-state index contributed by atoms with van der Waals surface area (Å²) >= 11 is 0. The lowest BCUT2D eigenvalue weighted by atomic mass is 9.98. The van der Waals surface area contributed by atoms with Gasteiger partial charge in [-0.25, -0.2) is 0 Å². The number of rotatable bonds is 6. The lowest BCUT2D eigenvalue weighted by Crippen LogP contribution is -2.47. The molecule has 3 atom stereocenters. The number of aliphatic hydroxyl groups is 2. The van der Waals surface area contributed by atoms with Crippen LogP contribution in [0.1, 0.15) is 31.7 Å². The maximum Gasteiger partial charge on any atom is 0.256 e. The zero-order valence-electron chi connectivity index (χ0n) is 13.4. The topological polar surface area (TPSA) is 89.9 Å². The van der Waals surface area contributed by atoms with Crippen LogP contribution in [0.25, 0.3) is 0 Å². The zero-order valence-corrected chi connectivity index (χ0v) is 13.4. The number of hydrogen-bond donors (Lipinski definition) is 3. The van der Waals surface area contributed by atoms with Gasteiger partial charge in [-0.1, -0.05) is 26.0 Å². The number of nitrogens with zero attached hydrogens (tertiary/aromatic N) is 1. The van der Waals surface area contributed by atoms with Gasteiger partial charge in [-0.2, -0.15) is 0 Å². The molecule has 0 saturated carbocycles. The Labute approximate surface area is 130 Å². The number of anilines is 1. The first-order chi connectivity index (χ1) is 10.3. The largest absolute Gasteiger partial charge is 0.380 e. The number of amides is 2. The minimum Gasteiger partial charge on any atom is -0.380 e. The van der Waals surface area contributed by atoms with Crippen LogP contribution in [0.2, 0.25) is 0 Å². The van der Waals surface area contributed by atoms with Crippen LogP contribution in [0.4, 0.5) is 5.69 Å². The minimum atomic E-state index is -1.82. The molecule has 0 aliphatic carbocycles. The summed E-state index contributed by atoms with van der Waals surface area (Å²) in [5, 5.41) is 21.9. The second-order valence-electron chi connectivity index (χ2n) is 5.54. The van der Waals surface area contributed by atoms with Crippen LogP contribution in [-0.4, -0.2) is 53.2 Å². The standard InChI is InChI=1S/C16H24N2O4/c1-5-10(2)11-6-8-12(9-7-11)17-15(21)13(19)14(20)16(22)18(3)4/h6-10,13-14,19-20H,5H2,1-4H3,(H,17,21)/t10?,13-,14-/m1/s1. The van der Waals surface area contributed by atoms with E-state index in [1.165, 1.54) is 14.1 Å². The third-order valence-corrected chi connectivity index (χ3v) is 3.62. The average Bonchev–Trinajstić information content (AvgIpc) is 2.52. The highest BCUT2D eigenvalue weighted by molar-refractivity contribution is 5.98. The smallest absolute Gasteiger partial charge is 0.256 e. The molecule has 0 saturated heterocycles. The summed E-state index contributed by atoms with van der Waals surface area (Å²) in [6, 6.07) is 7.26. The molecule has 6 heteroatoms. The molecule has 2 amide bonds. The number of benzene rings is 1. The van der Waals surface area contributed by atoms with Gasteiger partial charge in [0.1, 0.15) is 0 Å². The molecule has 6 nitrogen and oxygen atoms in total. The van der Waals surface area contributed by atoms with E-state index in [0.29, 0.717) is 11.6 Å². The van der Waals surface area contributed by atoms with E-state index in [4.69, 9.17) is 0 Å². The lowest BCUT2D eigenvalue weighted by Gasteiger charge is -2.20. The summed E-state index contributed by atoms with van der Waals surface area (Å²) in [4.78, 5) is 24.5. The molecular weight excluding hydrogens is 284 g/mol. The molecule has 0 spiro atoms. The Morgan fingerprint density at radius 1 is 1.14 bits per heavy atom. The van der Waals surface area contributed by atoms with Crippen LogP contribution in [0, 0.1) is 0 Å². The van der Waals surface area contributed by atoms with Gasteiger partial charge >= 0.3 is 0 Å². The van der Waals surface area contributed by atoms with Crippen molar-refractivity contribution in [2.45, 2.75) is 38.4 Å². The molecular formula is C16H24N2O4. The van der Waals surface area contributed by atoms with E-state index in [1.807, 2.05) is 12.1 Å². The molecule has 0 bridgehead atoms. The Bertz CT molecular complexity index is 513. The molecule has 1 aromatic carbocycles. The molecule has 0 aliphatic heterocycles. The van der Waals surface area contributed by atoms with Crippen LogP contribution in [0.15, 0.2) is 24.3 Å². The van der Waals surface area contributed by atoms with Crippen LogP contribution in [-0.2, 0) is 9.59 Å². The summed E-state index contributed by atoms with van der Waals surface area (Å²) in [6.45, 7) is 4.21. The van der Waals surface area contributed by atoms with Gasteiger partial charge in [0.15, 0.2) is 12.2 Å². The SMILES string of the molecule is CCC(C)c1ccc(NC(=O)[C@H](O)[C@@H](O)C(=O)N(C)C)cc1. The molecule has 122 valence electrons. The summed E-state index contributed by atoms with van der Waals surface area (Å²) in [6.07, 6.45) is -2.58. The van der Waals surface area contributed by atoms with Gasteiger partial charge in [-0.15, -0.1) is 0 Å². The molecule has 1 rings (SSSR count). The van der Waals surface area contributed by atoms with E-state index in [-0.39, 0.29) is 0 Å². The zero-order chi connectivity index (χ0) is 16.9. The van der Waals surface area contributed by atoms with E-state index in [9.17, 15) is 19.8 Å². The Balaban J connectivity index is 2.70. The lowest BCUT2D eigenvalue weighted by molar-refractivity contribution is -0.149. The number of hydrogen-bond acceptors (Lipinski definition) is 4. The van der Waals surface area contributed by atoms with Crippen molar-refractivity contribution in [2.24, 2.45) is 0 Å². The van der Waals surface area contributed by atoms with Crippen molar-refractivity contribution in [3.63, 3.8) is 0 Å². The number of carbonyl (C=O) groups excluding carboxylic acids is 2. The van der Waals surface area contributed by atoms with Crippen LogP contribution < -0.4 is 5.32 Å². The van der Waals surface area contributed by atoms with Gasteiger partial charge in [-0.3, -0.25) is 9.59 Å². The molecule has 0 fully saturated rings. The van der Waals surface area contributed by atoms with Crippen molar-refractivity contribution in [1.82, 2.24) is 4.90 Å².